The highest BCUT2D eigenvalue weighted by atomic mass is 32.2. The van der Waals surface area contributed by atoms with E-state index in [1.54, 1.807) is 10.5 Å². The molecular weight excluding hydrogens is 342 g/mol. The molecule has 4 heterocycles. The fourth-order valence-corrected chi connectivity index (χ4v) is 5.81. The number of carbonyl (C=O) groups is 1. The third kappa shape index (κ3) is 2.77. The first kappa shape index (κ1) is 16.3. The molecule has 0 aromatic carbocycles. The summed E-state index contributed by atoms with van der Waals surface area (Å²) in [4.78, 5) is 19.0. The van der Waals surface area contributed by atoms with Crippen molar-refractivity contribution < 1.29 is 13.2 Å². The number of nitrogens with zero attached hydrogens (tertiary/aromatic N) is 2. The highest BCUT2D eigenvalue weighted by Crippen LogP contribution is 2.39. The Hall–Kier alpha value is -2.13. The minimum atomic E-state index is -3.19. The fraction of sp³-hybridized carbons (Fsp3) is 0.500. The van der Waals surface area contributed by atoms with Crippen LogP contribution in [0.4, 0.5) is 5.69 Å². The second-order valence-electron chi connectivity index (χ2n) is 6.94. The molecule has 0 saturated carbocycles. The van der Waals surface area contributed by atoms with Gasteiger partial charge >= 0.3 is 0 Å². The first-order valence-corrected chi connectivity index (χ1v) is 10.2. The smallest absolute Gasteiger partial charge is 0.252 e. The molecule has 2 aromatic rings. The van der Waals surface area contributed by atoms with E-state index in [1.807, 2.05) is 6.07 Å². The maximum atomic E-state index is 12.0. The van der Waals surface area contributed by atoms with Gasteiger partial charge in [0, 0.05) is 35.9 Å². The van der Waals surface area contributed by atoms with Crippen molar-refractivity contribution in [3.05, 3.63) is 24.0 Å². The number of primary amides is 1. The van der Waals surface area contributed by atoms with E-state index < -0.39 is 15.9 Å². The summed E-state index contributed by atoms with van der Waals surface area (Å²) in [5.41, 5.74) is 7.22. The number of nitrogens with one attached hydrogen (secondary N) is 2. The lowest BCUT2D eigenvalue weighted by Crippen LogP contribution is -2.49. The molecule has 8 nitrogen and oxygen atoms in total. The van der Waals surface area contributed by atoms with E-state index in [9.17, 15) is 13.2 Å². The molecule has 2 bridgehead atoms. The van der Waals surface area contributed by atoms with E-state index in [0.717, 1.165) is 31.1 Å². The summed E-state index contributed by atoms with van der Waals surface area (Å²) in [6.45, 7) is 0. The van der Waals surface area contributed by atoms with Gasteiger partial charge in [-0.1, -0.05) is 0 Å². The van der Waals surface area contributed by atoms with Gasteiger partial charge in [0.2, 0.25) is 10.0 Å². The summed E-state index contributed by atoms with van der Waals surface area (Å²) in [5, 5.41) is 4.26. The zero-order chi connectivity index (χ0) is 17.8. The second-order valence-corrected chi connectivity index (χ2v) is 8.83. The Kier molecular flexibility index (Phi) is 3.73. The molecule has 3 atom stereocenters. The summed E-state index contributed by atoms with van der Waals surface area (Å²) in [6.07, 6.45) is 7.73. The molecule has 2 aliphatic rings. The summed E-state index contributed by atoms with van der Waals surface area (Å²) in [6, 6.07) is 1.99. The second kappa shape index (κ2) is 5.70. The van der Waals surface area contributed by atoms with Crippen LogP contribution in [0.5, 0.6) is 0 Å². The molecule has 4 rings (SSSR count). The molecule has 4 N–H and O–H groups in total. The maximum absolute atomic E-state index is 12.0. The predicted molar refractivity (Wildman–Crippen MR) is 94.7 cm³/mol. The number of aromatic amines is 1. The number of H-pyrrole nitrogens is 1. The number of anilines is 1. The van der Waals surface area contributed by atoms with Crippen molar-refractivity contribution in [1.29, 1.82) is 0 Å². The molecule has 0 radical (unpaired) electrons. The van der Waals surface area contributed by atoms with E-state index in [4.69, 9.17) is 5.73 Å². The van der Waals surface area contributed by atoms with Crippen LogP contribution in [-0.2, 0) is 10.0 Å². The van der Waals surface area contributed by atoms with Gasteiger partial charge in [-0.15, -0.1) is 0 Å². The number of hydrogen-bond donors (Lipinski definition) is 3. The first-order chi connectivity index (χ1) is 11.8. The van der Waals surface area contributed by atoms with Crippen molar-refractivity contribution in [1.82, 2.24) is 14.3 Å². The van der Waals surface area contributed by atoms with E-state index in [-0.39, 0.29) is 18.1 Å². The number of carbonyl (C=O) groups excluding carboxylic acids is 1. The normalized spacial score (nSPS) is 26.8. The van der Waals surface area contributed by atoms with Gasteiger partial charge in [-0.25, -0.2) is 13.4 Å². The Morgan fingerprint density at radius 2 is 2.04 bits per heavy atom. The van der Waals surface area contributed by atoms with E-state index in [0.29, 0.717) is 16.9 Å². The molecule has 1 unspecified atom stereocenters. The number of amides is 1. The van der Waals surface area contributed by atoms with Crippen molar-refractivity contribution >= 4 is 32.7 Å². The van der Waals surface area contributed by atoms with E-state index in [1.165, 1.54) is 12.5 Å². The minimum Gasteiger partial charge on any atom is -0.381 e. The van der Waals surface area contributed by atoms with Crippen LogP contribution in [0.3, 0.4) is 0 Å². The number of pyridine rings is 1. The van der Waals surface area contributed by atoms with Gasteiger partial charge in [-0.3, -0.25) is 4.79 Å². The van der Waals surface area contributed by atoms with Gasteiger partial charge < -0.3 is 16.0 Å². The molecule has 25 heavy (non-hydrogen) atoms. The van der Waals surface area contributed by atoms with Crippen LogP contribution in [0, 0.1) is 0 Å². The van der Waals surface area contributed by atoms with Crippen LogP contribution in [0.1, 0.15) is 36.0 Å². The number of hydrogen-bond acceptors (Lipinski definition) is 5. The Balaban J connectivity index is 1.64. The maximum Gasteiger partial charge on any atom is 0.252 e. The zero-order valence-electron chi connectivity index (χ0n) is 13.9. The Morgan fingerprint density at radius 3 is 2.64 bits per heavy atom. The number of nitrogens with two attached hydrogens (primary N) is 1. The molecule has 0 aliphatic carbocycles. The Labute approximate surface area is 145 Å². The lowest BCUT2D eigenvalue weighted by molar-refractivity contribution is 0.100. The summed E-state index contributed by atoms with van der Waals surface area (Å²) >= 11 is 0. The van der Waals surface area contributed by atoms with Crippen molar-refractivity contribution in [3.63, 3.8) is 0 Å². The molecule has 2 fully saturated rings. The lowest BCUT2D eigenvalue weighted by Gasteiger charge is -2.38. The van der Waals surface area contributed by atoms with Crippen molar-refractivity contribution in [3.8, 4) is 0 Å². The number of sulfonamides is 1. The quantitative estimate of drug-likeness (QED) is 0.749. The van der Waals surface area contributed by atoms with Crippen molar-refractivity contribution in [2.24, 2.45) is 5.73 Å². The van der Waals surface area contributed by atoms with Gasteiger partial charge in [-0.2, -0.15) is 4.31 Å². The standard InChI is InChI=1S/C16H21N5O3S/c1-25(23,24)21-10-2-3-11(21)7-9(6-10)20-14-12-4-5-18-16(12)19-8-13(14)15(17)22/h4-5,8-11H,2-3,6-7H2,1H3,(H2,17,22)(H2,18,19,20)/t9?,10-,11+. The van der Waals surface area contributed by atoms with Gasteiger partial charge in [0.15, 0.2) is 0 Å². The van der Waals surface area contributed by atoms with E-state index >= 15 is 0 Å². The van der Waals surface area contributed by atoms with E-state index in [2.05, 4.69) is 15.3 Å². The van der Waals surface area contributed by atoms with Crippen LogP contribution in [0.2, 0.25) is 0 Å². The third-order valence-electron chi connectivity index (χ3n) is 5.25. The van der Waals surface area contributed by atoms with Crippen LogP contribution in [0.25, 0.3) is 11.0 Å². The molecular formula is C16H21N5O3S. The van der Waals surface area contributed by atoms with Crippen molar-refractivity contribution in [2.75, 3.05) is 11.6 Å². The largest absolute Gasteiger partial charge is 0.381 e. The average Bonchev–Trinajstić information content (AvgIpc) is 3.10. The highest BCUT2D eigenvalue weighted by Gasteiger charge is 2.45. The summed E-state index contributed by atoms with van der Waals surface area (Å²) in [7, 11) is -3.19. The number of aromatic nitrogens is 2. The first-order valence-electron chi connectivity index (χ1n) is 8.35. The molecule has 9 heteroatoms. The predicted octanol–water partition coefficient (Wildman–Crippen LogP) is 1.03. The van der Waals surface area contributed by atoms with Crippen molar-refractivity contribution in [2.45, 2.75) is 43.8 Å². The highest BCUT2D eigenvalue weighted by molar-refractivity contribution is 7.88. The third-order valence-corrected chi connectivity index (χ3v) is 6.61. The average molecular weight is 363 g/mol. The van der Waals surface area contributed by atoms with Gasteiger partial charge in [0.25, 0.3) is 5.91 Å². The van der Waals surface area contributed by atoms with Crippen LogP contribution >= 0.6 is 0 Å². The monoisotopic (exact) mass is 363 g/mol. The Morgan fingerprint density at radius 1 is 1.36 bits per heavy atom. The van der Waals surface area contributed by atoms with Gasteiger partial charge in [0.1, 0.15) is 5.65 Å². The molecule has 134 valence electrons. The summed E-state index contributed by atoms with van der Waals surface area (Å²) in [5.74, 6) is -0.533. The van der Waals surface area contributed by atoms with Crippen LogP contribution in [-0.4, -0.2) is 53.0 Å². The SMILES string of the molecule is CS(=O)(=O)N1[C@@H]2CC[C@H]1CC(Nc1c(C(N)=O)cnc3[nH]ccc13)C2. The lowest BCUT2D eigenvalue weighted by atomic mass is 9.98. The molecule has 2 aromatic heterocycles. The minimum absolute atomic E-state index is 0.0202. The summed E-state index contributed by atoms with van der Waals surface area (Å²) < 4.78 is 25.7. The molecule has 0 spiro atoms. The van der Waals surface area contributed by atoms with Crippen LogP contribution < -0.4 is 11.1 Å². The fourth-order valence-electron chi connectivity index (χ4n) is 4.35. The van der Waals surface area contributed by atoms with Gasteiger partial charge in [0.05, 0.1) is 17.5 Å². The molecule has 1 amide bonds. The molecule has 2 aliphatic heterocycles. The number of piperidine rings is 1. The number of rotatable bonds is 4. The molecule has 2 saturated heterocycles. The van der Waals surface area contributed by atoms with Crippen LogP contribution in [0.15, 0.2) is 18.5 Å². The Bertz CT molecular complexity index is 924. The zero-order valence-corrected chi connectivity index (χ0v) is 14.7. The van der Waals surface area contributed by atoms with Gasteiger partial charge in [-0.05, 0) is 31.7 Å². The number of fused-ring (bicyclic) bond motifs is 3. The topological polar surface area (TPSA) is 121 Å².